The van der Waals surface area contributed by atoms with Gasteiger partial charge in [0, 0.05) is 11.3 Å². The molecule has 1 N–H and O–H groups in total. The van der Waals surface area contributed by atoms with Crippen LogP contribution in [0.4, 0.5) is 10.5 Å². The second-order valence-corrected chi connectivity index (χ2v) is 9.49. The first-order chi connectivity index (χ1) is 19.5. The molecule has 0 atom stereocenters. The zero-order chi connectivity index (χ0) is 27.6. The summed E-state index contributed by atoms with van der Waals surface area (Å²) in [4.78, 5) is 31.2. The number of carbonyl (C=O) groups excluding carboxylic acids is 2. The van der Waals surface area contributed by atoms with E-state index in [-0.39, 0.29) is 5.57 Å². The van der Waals surface area contributed by atoms with Crippen LogP contribution in [0.3, 0.4) is 0 Å². The summed E-state index contributed by atoms with van der Waals surface area (Å²) in [6.45, 7) is 1.92. The molecule has 3 amide bonds. The van der Waals surface area contributed by atoms with Crippen LogP contribution in [0.1, 0.15) is 11.1 Å². The van der Waals surface area contributed by atoms with Crippen molar-refractivity contribution in [2.45, 2.75) is 6.92 Å². The van der Waals surface area contributed by atoms with Gasteiger partial charge in [0.2, 0.25) is 5.90 Å². The lowest BCUT2D eigenvalue weighted by Crippen LogP contribution is -2.42. The molecule has 1 aromatic heterocycles. The molecule has 2 heterocycles. The molecule has 194 valence electrons. The molecule has 0 spiro atoms. The predicted octanol–water partition coefficient (Wildman–Crippen LogP) is 7.63. The Bertz CT molecular complexity index is 1770. The first-order valence-corrected chi connectivity index (χ1v) is 12.9. The van der Waals surface area contributed by atoms with Gasteiger partial charge in [0.25, 0.3) is 5.91 Å². The van der Waals surface area contributed by atoms with E-state index in [1.165, 1.54) is 0 Å². The molecule has 5 aromatic rings. The zero-order valence-electron chi connectivity index (χ0n) is 21.7. The van der Waals surface area contributed by atoms with Gasteiger partial charge in [0.1, 0.15) is 5.57 Å². The van der Waals surface area contributed by atoms with E-state index in [0.29, 0.717) is 11.3 Å². The third-order valence-corrected chi connectivity index (χ3v) is 6.82. The van der Waals surface area contributed by atoms with E-state index in [1.54, 1.807) is 18.2 Å². The SMILES string of the molecule is Cc1ccc(N2C(=O)N=C(O)/C(=C/c3cc(-c4ccccc4)n(-c4ccccc4)c3-c3ccccc3)C2=O)cc1. The number of hydrogen-bond acceptors (Lipinski definition) is 2. The minimum atomic E-state index is -0.835. The molecule has 6 nitrogen and oxygen atoms in total. The van der Waals surface area contributed by atoms with Gasteiger partial charge in [-0.05, 0) is 54.5 Å². The van der Waals surface area contributed by atoms with Crippen LogP contribution < -0.4 is 4.90 Å². The molecule has 0 unspecified atom stereocenters. The number of rotatable bonds is 5. The van der Waals surface area contributed by atoms with Crippen molar-refractivity contribution in [3.8, 4) is 28.2 Å². The number of carbonyl (C=O) groups is 2. The lowest BCUT2D eigenvalue weighted by Gasteiger charge is -2.23. The monoisotopic (exact) mass is 523 g/mol. The van der Waals surface area contributed by atoms with Gasteiger partial charge < -0.3 is 9.67 Å². The highest BCUT2D eigenvalue weighted by molar-refractivity contribution is 6.37. The quantitative estimate of drug-likeness (QED) is 0.241. The Labute approximate surface area is 231 Å². The minimum Gasteiger partial charge on any atom is -0.493 e. The Morgan fingerprint density at radius 2 is 1.27 bits per heavy atom. The second-order valence-electron chi connectivity index (χ2n) is 9.49. The summed E-state index contributed by atoms with van der Waals surface area (Å²) >= 11 is 0. The summed E-state index contributed by atoms with van der Waals surface area (Å²) in [5.41, 5.74) is 6.59. The highest BCUT2D eigenvalue weighted by Gasteiger charge is 2.34. The molecule has 0 fully saturated rings. The summed E-state index contributed by atoms with van der Waals surface area (Å²) in [5.74, 6) is -1.25. The zero-order valence-corrected chi connectivity index (χ0v) is 21.7. The number of amides is 3. The highest BCUT2D eigenvalue weighted by atomic mass is 16.3. The summed E-state index contributed by atoms with van der Waals surface area (Å²) in [7, 11) is 0. The molecule has 0 bridgehead atoms. The molecule has 1 aliphatic rings. The average Bonchev–Trinajstić information content (AvgIpc) is 3.37. The van der Waals surface area contributed by atoms with Gasteiger partial charge in [-0.15, -0.1) is 0 Å². The molecule has 0 radical (unpaired) electrons. The van der Waals surface area contributed by atoms with E-state index < -0.39 is 17.8 Å². The van der Waals surface area contributed by atoms with E-state index in [2.05, 4.69) is 9.56 Å². The van der Waals surface area contributed by atoms with Crippen molar-refractivity contribution in [3.05, 3.63) is 138 Å². The number of aliphatic hydroxyl groups is 1. The summed E-state index contributed by atoms with van der Waals surface area (Å²) in [6.07, 6.45) is 1.61. The highest BCUT2D eigenvalue weighted by Crippen LogP contribution is 2.37. The van der Waals surface area contributed by atoms with Crippen LogP contribution in [0.15, 0.2) is 132 Å². The number of benzene rings is 4. The molecule has 0 saturated heterocycles. The minimum absolute atomic E-state index is 0.0674. The number of para-hydroxylation sites is 1. The second kappa shape index (κ2) is 10.3. The van der Waals surface area contributed by atoms with Crippen molar-refractivity contribution in [1.29, 1.82) is 0 Å². The fourth-order valence-electron chi connectivity index (χ4n) is 4.91. The van der Waals surface area contributed by atoms with E-state index in [1.807, 2.05) is 116 Å². The van der Waals surface area contributed by atoms with Gasteiger partial charge in [-0.25, -0.2) is 9.69 Å². The number of aliphatic hydroxyl groups excluding tert-OH is 1. The van der Waals surface area contributed by atoms with Crippen molar-refractivity contribution in [3.63, 3.8) is 0 Å². The van der Waals surface area contributed by atoms with Gasteiger partial charge >= 0.3 is 6.03 Å². The number of anilines is 1. The van der Waals surface area contributed by atoms with Gasteiger partial charge in [-0.2, -0.15) is 4.99 Å². The number of aromatic nitrogens is 1. The largest absolute Gasteiger partial charge is 0.493 e. The van der Waals surface area contributed by atoms with Crippen molar-refractivity contribution in [1.82, 2.24) is 4.57 Å². The Balaban J connectivity index is 1.60. The fraction of sp³-hybridized carbons (Fsp3) is 0.0294. The summed E-state index contributed by atoms with van der Waals surface area (Å²) in [5, 5.41) is 10.8. The molecular weight excluding hydrogens is 498 g/mol. The first kappa shape index (κ1) is 24.8. The Morgan fingerprint density at radius 3 is 1.90 bits per heavy atom. The van der Waals surface area contributed by atoms with Crippen LogP contribution in [-0.2, 0) is 4.79 Å². The van der Waals surface area contributed by atoms with Gasteiger partial charge in [-0.3, -0.25) is 4.79 Å². The molecule has 6 heteroatoms. The average molecular weight is 524 g/mol. The fourth-order valence-corrected chi connectivity index (χ4v) is 4.91. The lowest BCUT2D eigenvalue weighted by atomic mass is 10.0. The molecule has 40 heavy (non-hydrogen) atoms. The molecule has 1 aliphatic heterocycles. The third-order valence-electron chi connectivity index (χ3n) is 6.82. The van der Waals surface area contributed by atoms with Gasteiger partial charge in [0.15, 0.2) is 0 Å². The number of imide groups is 1. The van der Waals surface area contributed by atoms with E-state index >= 15 is 0 Å². The van der Waals surface area contributed by atoms with Crippen molar-refractivity contribution >= 4 is 29.6 Å². The standard InChI is InChI=1S/C34H25N3O3/c1-23-17-19-28(20-18-23)37-33(39)29(32(38)35-34(37)40)21-26-22-30(24-11-5-2-6-12-24)36(27-15-9-4-10-16-27)31(26)25-13-7-3-8-14-25/h2-22H,1H3,(H,35,38,40)/b29-21-. The normalized spacial score (nSPS) is 14.5. The van der Waals surface area contributed by atoms with Crippen LogP contribution in [0.2, 0.25) is 0 Å². The summed E-state index contributed by atoms with van der Waals surface area (Å²) < 4.78 is 2.14. The summed E-state index contributed by atoms with van der Waals surface area (Å²) in [6, 6.07) is 38.0. The molecular formula is C34H25N3O3. The van der Waals surface area contributed by atoms with Crippen LogP contribution in [0.25, 0.3) is 34.3 Å². The number of urea groups is 1. The topological polar surface area (TPSA) is 74.9 Å². The molecule has 0 saturated carbocycles. The Hall–Kier alpha value is -5.49. The number of aliphatic imine (C=N–C) groups is 1. The Morgan fingerprint density at radius 1 is 0.700 bits per heavy atom. The molecule has 4 aromatic carbocycles. The first-order valence-electron chi connectivity index (χ1n) is 12.9. The smallest absolute Gasteiger partial charge is 0.358 e. The maximum Gasteiger partial charge on any atom is 0.358 e. The maximum absolute atomic E-state index is 13.7. The molecule has 6 rings (SSSR count). The van der Waals surface area contributed by atoms with Crippen molar-refractivity contribution in [2.75, 3.05) is 4.90 Å². The van der Waals surface area contributed by atoms with Gasteiger partial charge in [-0.1, -0.05) is 96.6 Å². The van der Waals surface area contributed by atoms with Crippen LogP contribution in [-0.4, -0.2) is 27.5 Å². The number of aryl methyl sites for hydroxylation is 1. The molecule has 0 aliphatic carbocycles. The van der Waals surface area contributed by atoms with Crippen molar-refractivity contribution in [2.24, 2.45) is 4.99 Å². The van der Waals surface area contributed by atoms with Crippen LogP contribution >= 0.6 is 0 Å². The number of hydrogen-bond donors (Lipinski definition) is 1. The lowest BCUT2D eigenvalue weighted by molar-refractivity contribution is -0.114. The van der Waals surface area contributed by atoms with E-state index in [0.717, 1.165) is 38.7 Å². The van der Waals surface area contributed by atoms with Crippen molar-refractivity contribution < 1.29 is 14.7 Å². The maximum atomic E-state index is 13.7. The van der Waals surface area contributed by atoms with Gasteiger partial charge in [0.05, 0.1) is 17.1 Å². The van der Waals surface area contributed by atoms with Crippen LogP contribution in [0.5, 0.6) is 0 Å². The third kappa shape index (κ3) is 4.52. The van der Waals surface area contributed by atoms with Crippen LogP contribution in [0, 0.1) is 6.92 Å². The van der Waals surface area contributed by atoms with E-state index in [9.17, 15) is 14.7 Å². The van der Waals surface area contributed by atoms with E-state index in [4.69, 9.17) is 0 Å². The predicted molar refractivity (Wildman–Crippen MR) is 159 cm³/mol. The Kier molecular flexibility index (Phi) is 6.42. The number of nitrogens with zero attached hydrogens (tertiary/aromatic N) is 3.